The van der Waals surface area contributed by atoms with Gasteiger partial charge in [0.25, 0.3) is 0 Å². The lowest BCUT2D eigenvalue weighted by Crippen LogP contribution is -1.81. The highest BCUT2D eigenvalue weighted by molar-refractivity contribution is 9.10. The molecule has 0 aliphatic carbocycles. The summed E-state index contributed by atoms with van der Waals surface area (Å²) >= 11 is 3.66. The predicted octanol–water partition coefficient (Wildman–Crippen LogP) is 6.02. The molecule has 1 aromatic heterocycles. The van der Waals surface area contributed by atoms with Crippen molar-refractivity contribution in [2.75, 3.05) is 0 Å². The van der Waals surface area contributed by atoms with Gasteiger partial charge in [-0.25, -0.2) is 0 Å². The van der Waals surface area contributed by atoms with Gasteiger partial charge >= 0.3 is 0 Å². The van der Waals surface area contributed by atoms with E-state index in [1.165, 1.54) is 21.5 Å². The first kappa shape index (κ1) is 11.7. The van der Waals surface area contributed by atoms with E-state index in [-0.39, 0.29) is 0 Å². The highest BCUT2D eigenvalue weighted by Gasteiger charge is 2.07. The van der Waals surface area contributed by atoms with Crippen LogP contribution in [0.2, 0.25) is 0 Å². The van der Waals surface area contributed by atoms with E-state index in [0.717, 1.165) is 15.8 Å². The van der Waals surface area contributed by atoms with Crippen LogP contribution in [-0.2, 0) is 0 Å². The third-order valence-electron chi connectivity index (χ3n) is 3.62. The summed E-state index contributed by atoms with van der Waals surface area (Å²) in [6.45, 7) is 0. The second-order valence-electron chi connectivity index (χ2n) is 4.82. The second-order valence-corrected chi connectivity index (χ2v) is 5.67. The van der Waals surface area contributed by atoms with Gasteiger partial charge in [-0.05, 0) is 45.8 Å². The van der Waals surface area contributed by atoms with Crippen LogP contribution in [0.5, 0.6) is 0 Å². The summed E-state index contributed by atoms with van der Waals surface area (Å²) in [5.41, 5.74) is 1.11. The Morgan fingerprint density at radius 3 is 2.40 bits per heavy atom. The van der Waals surface area contributed by atoms with Gasteiger partial charge in [0.15, 0.2) is 0 Å². The van der Waals surface area contributed by atoms with Gasteiger partial charge in [-0.1, -0.05) is 52.3 Å². The van der Waals surface area contributed by atoms with Gasteiger partial charge in [0.2, 0.25) is 0 Å². The Labute approximate surface area is 125 Å². The summed E-state index contributed by atoms with van der Waals surface area (Å²) in [5.74, 6) is 0.902. The molecule has 0 amide bonds. The summed E-state index contributed by atoms with van der Waals surface area (Å²) in [7, 11) is 0. The van der Waals surface area contributed by atoms with E-state index in [1.807, 2.05) is 12.1 Å². The average Bonchev–Trinajstić information content (AvgIpc) is 3.02. The molecule has 2 heteroatoms. The molecule has 96 valence electrons. The Hall–Kier alpha value is -2.06. The van der Waals surface area contributed by atoms with Crippen LogP contribution in [-0.4, -0.2) is 0 Å². The lowest BCUT2D eigenvalue weighted by molar-refractivity contribution is 0.582. The van der Waals surface area contributed by atoms with E-state index in [9.17, 15) is 0 Å². The molecule has 0 saturated carbocycles. The van der Waals surface area contributed by atoms with Crippen LogP contribution in [0, 0.1) is 0 Å². The molecule has 20 heavy (non-hydrogen) atoms. The van der Waals surface area contributed by atoms with Crippen LogP contribution in [0.15, 0.2) is 75.8 Å². The molecular weight excluding hydrogens is 312 g/mol. The summed E-state index contributed by atoms with van der Waals surface area (Å²) in [4.78, 5) is 0. The van der Waals surface area contributed by atoms with Crippen molar-refractivity contribution in [2.24, 2.45) is 0 Å². The zero-order valence-electron chi connectivity index (χ0n) is 10.6. The quantitative estimate of drug-likeness (QED) is 0.391. The smallest absolute Gasteiger partial charge is 0.133 e. The minimum absolute atomic E-state index is 0.902. The van der Waals surface area contributed by atoms with Crippen molar-refractivity contribution in [1.82, 2.24) is 0 Å². The van der Waals surface area contributed by atoms with Crippen molar-refractivity contribution >= 4 is 37.5 Å². The molecule has 4 rings (SSSR count). The molecule has 0 aliphatic rings. The van der Waals surface area contributed by atoms with Gasteiger partial charge in [-0.2, -0.15) is 0 Å². The molecule has 0 fully saturated rings. The minimum atomic E-state index is 0.902. The molecule has 0 atom stereocenters. The summed E-state index contributed by atoms with van der Waals surface area (Å²) < 4.78 is 6.63. The first-order valence-corrected chi connectivity index (χ1v) is 7.27. The first-order chi connectivity index (χ1) is 9.83. The number of benzene rings is 3. The van der Waals surface area contributed by atoms with Gasteiger partial charge in [0.05, 0.1) is 6.26 Å². The molecule has 0 saturated heterocycles. The molecule has 0 N–H and O–H groups in total. The van der Waals surface area contributed by atoms with Crippen LogP contribution >= 0.6 is 15.9 Å². The Morgan fingerprint density at radius 1 is 0.750 bits per heavy atom. The molecule has 0 radical (unpaired) electrons. The predicted molar refractivity (Wildman–Crippen MR) is 86.9 cm³/mol. The van der Waals surface area contributed by atoms with Crippen molar-refractivity contribution in [3.8, 4) is 11.3 Å². The number of hydrogen-bond acceptors (Lipinski definition) is 1. The molecule has 4 aromatic rings. The summed E-state index contributed by atoms with van der Waals surface area (Å²) in [6.07, 6.45) is 1.71. The third kappa shape index (κ3) is 1.76. The van der Waals surface area contributed by atoms with Crippen molar-refractivity contribution in [2.45, 2.75) is 0 Å². The van der Waals surface area contributed by atoms with Crippen LogP contribution in [0.4, 0.5) is 0 Å². The van der Waals surface area contributed by atoms with Gasteiger partial charge in [-0.15, -0.1) is 0 Å². The lowest BCUT2D eigenvalue weighted by Gasteiger charge is -2.08. The third-order valence-corrected chi connectivity index (χ3v) is 4.27. The Morgan fingerprint density at radius 2 is 1.60 bits per heavy atom. The number of halogens is 1. The molecular formula is C18H11BrO. The Bertz CT molecular complexity index is 907. The monoisotopic (exact) mass is 322 g/mol. The largest absolute Gasteiger partial charge is 0.464 e. The standard InChI is InChI=1S/C18H11BrO/c19-17-11-12-7-8-13(18-6-3-9-20-18)10-16(12)14-4-1-2-5-15(14)17/h1-11H. The normalized spacial score (nSPS) is 11.2. The van der Waals surface area contributed by atoms with Crippen molar-refractivity contribution in [3.05, 3.63) is 71.4 Å². The van der Waals surface area contributed by atoms with Gasteiger partial charge < -0.3 is 4.42 Å². The maximum atomic E-state index is 5.49. The van der Waals surface area contributed by atoms with Gasteiger partial charge in [0, 0.05) is 10.0 Å². The van der Waals surface area contributed by atoms with E-state index in [1.54, 1.807) is 6.26 Å². The number of hydrogen-bond donors (Lipinski definition) is 0. The zero-order valence-corrected chi connectivity index (χ0v) is 12.2. The lowest BCUT2D eigenvalue weighted by atomic mass is 9.99. The Kier molecular flexibility index (Phi) is 2.64. The van der Waals surface area contributed by atoms with Crippen LogP contribution in [0.1, 0.15) is 0 Å². The zero-order chi connectivity index (χ0) is 13.5. The van der Waals surface area contributed by atoms with E-state index < -0.39 is 0 Å². The molecule has 1 nitrogen and oxygen atoms in total. The van der Waals surface area contributed by atoms with Crippen LogP contribution in [0.25, 0.3) is 32.9 Å². The number of furan rings is 1. The summed E-state index contributed by atoms with van der Waals surface area (Å²) in [5, 5.41) is 4.96. The van der Waals surface area contributed by atoms with Crippen molar-refractivity contribution in [1.29, 1.82) is 0 Å². The van der Waals surface area contributed by atoms with Gasteiger partial charge in [-0.3, -0.25) is 0 Å². The molecule has 0 bridgehead atoms. The Balaban J connectivity index is 2.11. The maximum Gasteiger partial charge on any atom is 0.133 e. The van der Waals surface area contributed by atoms with E-state index in [2.05, 4.69) is 64.5 Å². The highest BCUT2D eigenvalue weighted by atomic mass is 79.9. The van der Waals surface area contributed by atoms with E-state index in [4.69, 9.17) is 4.42 Å². The molecule has 0 unspecified atom stereocenters. The minimum Gasteiger partial charge on any atom is -0.464 e. The molecule has 3 aromatic carbocycles. The average molecular weight is 323 g/mol. The van der Waals surface area contributed by atoms with Crippen molar-refractivity contribution < 1.29 is 4.42 Å². The van der Waals surface area contributed by atoms with E-state index in [0.29, 0.717) is 0 Å². The second kappa shape index (κ2) is 4.50. The van der Waals surface area contributed by atoms with Crippen LogP contribution < -0.4 is 0 Å². The maximum absolute atomic E-state index is 5.49. The topological polar surface area (TPSA) is 13.1 Å². The first-order valence-electron chi connectivity index (χ1n) is 6.48. The molecule has 0 spiro atoms. The fourth-order valence-electron chi connectivity index (χ4n) is 2.65. The molecule has 0 aliphatic heterocycles. The highest BCUT2D eigenvalue weighted by Crippen LogP contribution is 2.34. The summed E-state index contributed by atoms with van der Waals surface area (Å²) in [6, 6.07) is 21.0. The van der Waals surface area contributed by atoms with Crippen molar-refractivity contribution in [3.63, 3.8) is 0 Å². The number of fused-ring (bicyclic) bond motifs is 3. The molecule has 1 heterocycles. The van der Waals surface area contributed by atoms with Crippen LogP contribution in [0.3, 0.4) is 0 Å². The van der Waals surface area contributed by atoms with E-state index >= 15 is 0 Å². The number of rotatable bonds is 1. The SMILES string of the molecule is Brc1cc2ccc(-c3ccco3)cc2c2ccccc12. The fourth-order valence-corrected chi connectivity index (χ4v) is 3.24. The van der Waals surface area contributed by atoms with Gasteiger partial charge in [0.1, 0.15) is 5.76 Å². The fraction of sp³-hybridized carbons (Fsp3) is 0.